The fourth-order valence-corrected chi connectivity index (χ4v) is 1.40. The molecular formula is C11H14FN3O4. The van der Waals surface area contributed by atoms with E-state index in [1.807, 2.05) is 0 Å². The van der Waals surface area contributed by atoms with Crippen LogP contribution in [0, 0.1) is 15.9 Å². The fraction of sp³-hybridized carbons (Fsp3) is 0.364. The van der Waals surface area contributed by atoms with Gasteiger partial charge in [0.25, 0.3) is 0 Å². The molecule has 0 unspecified atom stereocenters. The van der Waals surface area contributed by atoms with Crippen molar-refractivity contribution in [3.63, 3.8) is 0 Å². The van der Waals surface area contributed by atoms with Gasteiger partial charge >= 0.3 is 5.69 Å². The molecule has 3 N–H and O–H groups in total. The van der Waals surface area contributed by atoms with E-state index in [9.17, 15) is 14.5 Å². The van der Waals surface area contributed by atoms with Crippen LogP contribution in [0.3, 0.4) is 0 Å². The Morgan fingerprint density at radius 1 is 1.53 bits per heavy atom. The summed E-state index contributed by atoms with van der Waals surface area (Å²) in [5, 5.41) is 21.8. The zero-order valence-corrected chi connectivity index (χ0v) is 10.1. The van der Waals surface area contributed by atoms with Crippen LogP contribution in [0.25, 0.3) is 0 Å². The molecule has 0 saturated carbocycles. The van der Waals surface area contributed by atoms with Crippen LogP contribution in [-0.4, -0.2) is 22.6 Å². The zero-order chi connectivity index (χ0) is 14.3. The van der Waals surface area contributed by atoms with E-state index in [4.69, 9.17) is 15.7 Å². The molecule has 0 spiro atoms. The van der Waals surface area contributed by atoms with Gasteiger partial charge in [0, 0.05) is 6.42 Å². The third-order valence-corrected chi connectivity index (χ3v) is 2.33. The SMILES string of the molecule is N/C(CCCCOc1ccc(F)cc1[N+](=O)[O-])=N/O. The van der Waals surface area contributed by atoms with Gasteiger partial charge in [-0.05, 0) is 25.0 Å². The van der Waals surface area contributed by atoms with E-state index >= 15 is 0 Å². The molecule has 8 heteroatoms. The highest BCUT2D eigenvalue weighted by atomic mass is 19.1. The summed E-state index contributed by atoms with van der Waals surface area (Å²) in [5.41, 5.74) is 4.87. The van der Waals surface area contributed by atoms with Gasteiger partial charge < -0.3 is 15.7 Å². The molecule has 1 rings (SSSR count). The van der Waals surface area contributed by atoms with E-state index in [2.05, 4.69) is 5.16 Å². The van der Waals surface area contributed by atoms with Crippen molar-refractivity contribution in [3.05, 3.63) is 34.1 Å². The lowest BCUT2D eigenvalue weighted by Crippen LogP contribution is -2.11. The number of ether oxygens (including phenoxy) is 1. The average molecular weight is 271 g/mol. The van der Waals surface area contributed by atoms with E-state index < -0.39 is 16.4 Å². The minimum Gasteiger partial charge on any atom is -0.487 e. The molecule has 0 amide bonds. The van der Waals surface area contributed by atoms with Gasteiger partial charge in [-0.15, -0.1) is 0 Å². The van der Waals surface area contributed by atoms with Gasteiger partial charge in [-0.1, -0.05) is 5.16 Å². The minimum atomic E-state index is -0.700. The molecule has 0 saturated heterocycles. The van der Waals surface area contributed by atoms with Gasteiger partial charge in [-0.25, -0.2) is 4.39 Å². The minimum absolute atomic E-state index is 0.0233. The number of hydrogen-bond acceptors (Lipinski definition) is 5. The Hall–Kier alpha value is -2.38. The van der Waals surface area contributed by atoms with Crippen molar-refractivity contribution in [1.82, 2.24) is 0 Å². The lowest BCUT2D eigenvalue weighted by molar-refractivity contribution is -0.386. The topological polar surface area (TPSA) is 111 Å². The van der Waals surface area contributed by atoms with E-state index in [1.54, 1.807) is 0 Å². The Bertz CT molecular complexity index is 479. The first-order valence-corrected chi connectivity index (χ1v) is 5.57. The number of oxime groups is 1. The molecule has 7 nitrogen and oxygen atoms in total. The van der Waals surface area contributed by atoms with Crippen molar-refractivity contribution in [2.75, 3.05) is 6.61 Å². The predicted molar refractivity (Wildman–Crippen MR) is 65.8 cm³/mol. The second-order valence-corrected chi connectivity index (χ2v) is 3.77. The van der Waals surface area contributed by atoms with Crippen LogP contribution in [0.5, 0.6) is 5.75 Å². The molecule has 0 bridgehead atoms. The first-order valence-electron chi connectivity index (χ1n) is 5.57. The third-order valence-electron chi connectivity index (χ3n) is 2.33. The Morgan fingerprint density at radius 2 is 2.26 bits per heavy atom. The van der Waals surface area contributed by atoms with Crippen LogP contribution in [0.4, 0.5) is 10.1 Å². The summed E-state index contributed by atoms with van der Waals surface area (Å²) >= 11 is 0. The number of benzene rings is 1. The van der Waals surface area contributed by atoms with Crippen molar-refractivity contribution in [1.29, 1.82) is 0 Å². The normalized spacial score (nSPS) is 11.3. The first-order chi connectivity index (χ1) is 9.04. The van der Waals surface area contributed by atoms with Gasteiger partial charge in [0.15, 0.2) is 5.75 Å². The van der Waals surface area contributed by atoms with Crippen LogP contribution < -0.4 is 10.5 Å². The molecule has 1 aromatic carbocycles. The maximum absolute atomic E-state index is 12.9. The summed E-state index contributed by atoms with van der Waals surface area (Å²) in [4.78, 5) is 9.99. The molecule has 0 aliphatic heterocycles. The number of amidine groups is 1. The lowest BCUT2D eigenvalue weighted by Gasteiger charge is -2.06. The number of unbranched alkanes of at least 4 members (excludes halogenated alkanes) is 1. The second kappa shape index (κ2) is 7.14. The Kier molecular flexibility index (Phi) is 5.52. The lowest BCUT2D eigenvalue weighted by atomic mass is 10.2. The van der Waals surface area contributed by atoms with Crippen LogP contribution in [0.1, 0.15) is 19.3 Å². The Morgan fingerprint density at radius 3 is 2.89 bits per heavy atom. The van der Waals surface area contributed by atoms with Gasteiger partial charge in [-0.2, -0.15) is 0 Å². The Labute approximate surface area is 108 Å². The molecule has 0 aliphatic carbocycles. The average Bonchev–Trinajstić information content (AvgIpc) is 2.39. The summed E-state index contributed by atoms with van der Waals surface area (Å²) in [6.07, 6.45) is 1.60. The molecule has 0 radical (unpaired) electrons. The molecular weight excluding hydrogens is 257 g/mol. The number of nitro groups is 1. The molecule has 104 valence electrons. The highest BCUT2D eigenvalue weighted by molar-refractivity contribution is 5.79. The summed E-state index contributed by atoms with van der Waals surface area (Å²) in [6, 6.07) is 3.13. The van der Waals surface area contributed by atoms with Crippen molar-refractivity contribution < 1.29 is 19.3 Å². The van der Waals surface area contributed by atoms with Gasteiger partial charge in [-0.3, -0.25) is 10.1 Å². The smallest absolute Gasteiger partial charge is 0.313 e. The molecule has 1 aromatic rings. The first kappa shape index (κ1) is 14.7. The standard InChI is InChI=1S/C11H14FN3O4/c12-8-4-5-10(9(7-8)15(17)18)19-6-2-1-3-11(13)14-16/h4-5,7,16H,1-3,6H2,(H2,13,14). The summed E-state index contributed by atoms with van der Waals surface area (Å²) in [6.45, 7) is 0.227. The molecule has 0 fully saturated rings. The summed E-state index contributed by atoms with van der Waals surface area (Å²) in [5.74, 6) is -0.547. The molecule has 0 aromatic heterocycles. The van der Waals surface area contributed by atoms with Crippen molar-refractivity contribution >= 4 is 11.5 Å². The summed E-state index contributed by atoms with van der Waals surface area (Å²) < 4.78 is 18.1. The number of nitro benzene ring substituents is 1. The number of halogens is 1. The van der Waals surface area contributed by atoms with Crippen molar-refractivity contribution in [2.45, 2.75) is 19.3 Å². The maximum atomic E-state index is 12.9. The van der Waals surface area contributed by atoms with Crippen molar-refractivity contribution in [3.8, 4) is 5.75 Å². The fourth-order valence-electron chi connectivity index (χ4n) is 1.40. The molecule has 0 atom stereocenters. The highest BCUT2D eigenvalue weighted by Crippen LogP contribution is 2.27. The zero-order valence-electron chi connectivity index (χ0n) is 10.1. The van der Waals surface area contributed by atoms with Crippen LogP contribution >= 0.6 is 0 Å². The highest BCUT2D eigenvalue weighted by Gasteiger charge is 2.15. The van der Waals surface area contributed by atoms with Gasteiger partial charge in [0.2, 0.25) is 0 Å². The van der Waals surface area contributed by atoms with Gasteiger partial charge in [0.1, 0.15) is 11.7 Å². The van der Waals surface area contributed by atoms with Crippen molar-refractivity contribution in [2.24, 2.45) is 10.9 Å². The quantitative estimate of drug-likeness (QED) is 0.197. The maximum Gasteiger partial charge on any atom is 0.313 e. The van der Waals surface area contributed by atoms with Crippen LogP contribution in [0.2, 0.25) is 0 Å². The van der Waals surface area contributed by atoms with Gasteiger partial charge in [0.05, 0.1) is 17.6 Å². The summed E-state index contributed by atoms with van der Waals surface area (Å²) in [7, 11) is 0. The number of nitrogens with two attached hydrogens (primary N) is 1. The monoisotopic (exact) mass is 271 g/mol. The molecule has 19 heavy (non-hydrogen) atoms. The van der Waals surface area contributed by atoms with Crippen LogP contribution in [0.15, 0.2) is 23.4 Å². The predicted octanol–water partition coefficient (Wildman–Crippen LogP) is 2.03. The van der Waals surface area contributed by atoms with E-state index in [1.165, 1.54) is 6.07 Å². The van der Waals surface area contributed by atoms with E-state index in [0.29, 0.717) is 19.3 Å². The van der Waals surface area contributed by atoms with E-state index in [0.717, 1.165) is 12.1 Å². The number of nitrogens with zero attached hydrogens (tertiary/aromatic N) is 2. The third kappa shape index (κ3) is 4.78. The molecule has 0 aliphatic rings. The second-order valence-electron chi connectivity index (χ2n) is 3.77. The largest absolute Gasteiger partial charge is 0.487 e. The van der Waals surface area contributed by atoms with E-state index in [-0.39, 0.29) is 18.2 Å². The number of hydrogen-bond donors (Lipinski definition) is 2. The van der Waals surface area contributed by atoms with Crippen LogP contribution in [-0.2, 0) is 0 Å². The number of rotatable bonds is 7. The Balaban J connectivity index is 2.47. The molecule has 0 heterocycles.